The Hall–Kier alpha value is 0.830. The zero-order valence-corrected chi connectivity index (χ0v) is 7.43. The summed E-state index contributed by atoms with van der Waals surface area (Å²) in [4.78, 5) is 0. The van der Waals surface area contributed by atoms with E-state index >= 15 is 0 Å². The summed E-state index contributed by atoms with van der Waals surface area (Å²) < 4.78 is -0.492. The van der Waals surface area contributed by atoms with Gasteiger partial charge in [0.1, 0.15) is 4.33 Å². The van der Waals surface area contributed by atoms with Gasteiger partial charge in [-0.2, -0.15) is 0 Å². The van der Waals surface area contributed by atoms with Crippen molar-refractivity contribution in [3.8, 4) is 0 Å². The minimum atomic E-state index is -0.492. The molecule has 56 valence electrons. The maximum atomic E-state index is 5.69. The minimum Gasteiger partial charge on any atom is -0.328 e. The molecular weight excluding hydrogens is 180 g/mol. The first-order valence-electron chi connectivity index (χ1n) is 2.67. The summed E-state index contributed by atoms with van der Waals surface area (Å²) in [5, 5.41) is 0. The Morgan fingerprint density at radius 2 is 2.00 bits per heavy atom. The van der Waals surface area contributed by atoms with Crippen LogP contribution in [0.5, 0.6) is 0 Å². The molecule has 2 N–H and O–H groups in total. The molecule has 0 aliphatic heterocycles. The van der Waals surface area contributed by atoms with Crippen molar-refractivity contribution >= 4 is 35.6 Å². The summed E-state index contributed by atoms with van der Waals surface area (Å²) in [5.41, 5.74) is 5.50. The molecule has 0 aromatic heterocycles. The standard InChI is InChI=1S/C5H9Cl2N.ClH/c1-3(8)4-2-5(4,6)7;/h3-4H,2,8H2,1H3;1H/t3?,4-;/m0./s1. The van der Waals surface area contributed by atoms with E-state index < -0.39 is 4.33 Å². The molecule has 1 rings (SSSR count). The molecule has 1 nitrogen and oxygen atoms in total. The molecule has 1 aliphatic rings. The van der Waals surface area contributed by atoms with Crippen LogP contribution in [0, 0.1) is 5.92 Å². The summed E-state index contributed by atoms with van der Waals surface area (Å²) in [6.45, 7) is 1.93. The summed E-state index contributed by atoms with van der Waals surface area (Å²) in [5.74, 6) is 0.325. The quantitative estimate of drug-likeness (QED) is 0.629. The second-order valence-corrected chi connectivity index (χ2v) is 3.97. The summed E-state index contributed by atoms with van der Waals surface area (Å²) in [7, 11) is 0. The largest absolute Gasteiger partial charge is 0.328 e. The van der Waals surface area contributed by atoms with Gasteiger partial charge < -0.3 is 5.73 Å². The van der Waals surface area contributed by atoms with Crippen molar-refractivity contribution in [2.24, 2.45) is 11.7 Å². The Labute approximate surface area is 71.3 Å². The zero-order chi connectivity index (χ0) is 6.36. The van der Waals surface area contributed by atoms with Crippen molar-refractivity contribution in [1.29, 1.82) is 0 Å². The van der Waals surface area contributed by atoms with Gasteiger partial charge in [0.15, 0.2) is 0 Å². The van der Waals surface area contributed by atoms with Crippen molar-refractivity contribution in [1.82, 2.24) is 0 Å². The molecule has 0 bridgehead atoms. The van der Waals surface area contributed by atoms with Gasteiger partial charge in [0.05, 0.1) is 0 Å². The lowest BCUT2D eigenvalue weighted by molar-refractivity contribution is 0.643. The first-order chi connectivity index (χ1) is 3.54. The monoisotopic (exact) mass is 189 g/mol. The third-order valence-corrected chi connectivity index (χ3v) is 2.38. The lowest BCUT2D eigenvalue weighted by Gasteiger charge is -2.01. The lowest BCUT2D eigenvalue weighted by atomic mass is 10.2. The smallest absolute Gasteiger partial charge is 0.123 e. The normalized spacial score (nSPS) is 32.7. The van der Waals surface area contributed by atoms with Crippen molar-refractivity contribution in [3.63, 3.8) is 0 Å². The van der Waals surface area contributed by atoms with E-state index in [1.807, 2.05) is 6.92 Å². The number of hydrogen-bond acceptors (Lipinski definition) is 1. The molecule has 1 aliphatic carbocycles. The van der Waals surface area contributed by atoms with E-state index in [4.69, 9.17) is 28.9 Å². The molecule has 0 amide bonds. The van der Waals surface area contributed by atoms with Gasteiger partial charge in [-0.3, -0.25) is 0 Å². The average molecular weight is 191 g/mol. The maximum absolute atomic E-state index is 5.69. The third-order valence-electron chi connectivity index (χ3n) is 1.51. The molecule has 2 atom stereocenters. The van der Waals surface area contributed by atoms with Crippen LogP contribution in [0.1, 0.15) is 13.3 Å². The molecular formula is C5H10Cl3N. The zero-order valence-electron chi connectivity index (χ0n) is 5.10. The van der Waals surface area contributed by atoms with Crippen molar-refractivity contribution in [2.75, 3.05) is 0 Å². The Kier molecular flexibility index (Phi) is 3.09. The fourth-order valence-corrected chi connectivity index (χ4v) is 1.53. The van der Waals surface area contributed by atoms with Crippen molar-refractivity contribution in [2.45, 2.75) is 23.7 Å². The molecule has 0 saturated heterocycles. The highest BCUT2D eigenvalue weighted by Gasteiger charge is 2.53. The van der Waals surface area contributed by atoms with Gasteiger partial charge in [-0.05, 0) is 13.3 Å². The van der Waals surface area contributed by atoms with Crippen LogP contribution in [-0.2, 0) is 0 Å². The number of alkyl halides is 2. The second kappa shape index (κ2) is 2.83. The van der Waals surface area contributed by atoms with Crippen LogP contribution in [0.15, 0.2) is 0 Å². The second-order valence-electron chi connectivity index (χ2n) is 2.43. The Bertz CT molecular complexity index is 102. The summed E-state index contributed by atoms with van der Waals surface area (Å²) in [6.07, 6.45) is 0.855. The molecule has 0 aromatic carbocycles. The first kappa shape index (κ1) is 9.83. The highest BCUT2D eigenvalue weighted by Crippen LogP contribution is 2.54. The Morgan fingerprint density at radius 3 is 2.00 bits per heavy atom. The van der Waals surface area contributed by atoms with Gasteiger partial charge in [-0.1, -0.05) is 0 Å². The van der Waals surface area contributed by atoms with Crippen molar-refractivity contribution < 1.29 is 0 Å². The van der Waals surface area contributed by atoms with Crippen LogP contribution in [0.4, 0.5) is 0 Å². The van der Waals surface area contributed by atoms with Gasteiger partial charge >= 0.3 is 0 Å². The van der Waals surface area contributed by atoms with Crippen LogP contribution < -0.4 is 5.73 Å². The van der Waals surface area contributed by atoms with E-state index in [0.717, 1.165) is 6.42 Å². The predicted octanol–water partition coefficient (Wildman–Crippen LogP) is 1.95. The first-order valence-corrected chi connectivity index (χ1v) is 3.43. The molecule has 9 heavy (non-hydrogen) atoms. The van der Waals surface area contributed by atoms with Crippen LogP contribution in [-0.4, -0.2) is 10.4 Å². The highest BCUT2D eigenvalue weighted by molar-refractivity contribution is 6.50. The number of hydrogen-bond donors (Lipinski definition) is 1. The molecule has 1 saturated carbocycles. The third kappa shape index (κ3) is 2.15. The molecule has 1 unspecified atom stereocenters. The predicted molar refractivity (Wildman–Crippen MR) is 43.4 cm³/mol. The van der Waals surface area contributed by atoms with Gasteiger partial charge in [0.25, 0.3) is 0 Å². The van der Waals surface area contributed by atoms with E-state index in [1.54, 1.807) is 0 Å². The van der Waals surface area contributed by atoms with E-state index in [2.05, 4.69) is 0 Å². The molecule has 0 spiro atoms. The van der Waals surface area contributed by atoms with Gasteiger partial charge in [-0.25, -0.2) is 0 Å². The molecule has 1 fully saturated rings. The average Bonchev–Trinajstić information content (AvgIpc) is 2.13. The van der Waals surface area contributed by atoms with Gasteiger partial charge in [0.2, 0.25) is 0 Å². The number of nitrogens with two attached hydrogens (primary N) is 1. The van der Waals surface area contributed by atoms with Crippen LogP contribution in [0.25, 0.3) is 0 Å². The van der Waals surface area contributed by atoms with E-state index in [9.17, 15) is 0 Å². The summed E-state index contributed by atoms with van der Waals surface area (Å²) in [6, 6.07) is 0.144. The fraction of sp³-hybridized carbons (Fsp3) is 1.00. The van der Waals surface area contributed by atoms with E-state index in [1.165, 1.54) is 0 Å². The van der Waals surface area contributed by atoms with Crippen LogP contribution >= 0.6 is 35.6 Å². The van der Waals surface area contributed by atoms with Gasteiger partial charge in [-0.15, -0.1) is 35.6 Å². The van der Waals surface area contributed by atoms with E-state index in [0.29, 0.717) is 5.92 Å². The van der Waals surface area contributed by atoms with Gasteiger partial charge in [0, 0.05) is 12.0 Å². The molecule has 0 aromatic rings. The number of rotatable bonds is 1. The highest BCUT2D eigenvalue weighted by atomic mass is 35.5. The van der Waals surface area contributed by atoms with Crippen LogP contribution in [0.3, 0.4) is 0 Å². The Balaban J connectivity index is 0.000000640. The molecule has 0 radical (unpaired) electrons. The van der Waals surface area contributed by atoms with Crippen molar-refractivity contribution in [3.05, 3.63) is 0 Å². The maximum Gasteiger partial charge on any atom is 0.123 e. The summed E-state index contributed by atoms with van der Waals surface area (Å²) >= 11 is 11.4. The SMILES string of the molecule is CC(N)[C@@H]1CC1(Cl)Cl.Cl. The number of halogens is 3. The lowest BCUT2D eigenvalue weighted by Crippen LogP contribution is -2.20. The molecule has 0 heterocycles. The fourth-order valence-electron chi connectivity index (χ4n) is 0.805. The van der Waals surface area contributed by atoms with E-state index in [-0.39, 0.29) is 18.4 Å². The molecule has 4 heteroatoms. The Morgan fingerprint density at radius 1 is 1.67 bits per heavy atom. The minimum absolute atomic E-state index is 0. The topological polar surface area (TPSA) is 26.0 Å². The van der Waals surface area contributed by atoms with Crippen LogP contribution in [0.2, 0.25) is 0 Å².